The van der Waals surface area contributed by atoms with Crippen molar-refractivity contribution in [2.24, 2.45) is 23.5 Å². The molecule has 2 N–H and O–H groups in total. The molecule has 0 amide bonds. The van der Waals surface area contributed by atoms with Crippen molar-refractivity contribution in [1.82, 2.24) is 0 Å². The minimum atomic E-state index is 0.131. The first-order chi connectivity index (χ1) is 5.98. The maximum Gasteiger partial charge on any atom is 0.0185 e. The average molecular weight is 183 g/mol. The van der Waals surface area contributed by atoms with Crippen molar-refractivity contribution >= 4 is 0 Å². The molecular weight excluding hydrogens is 158 g/mol. The van der Waals surface area contributed by atoms with Gasteiger partial charge >= 0.3 is 0 Å². The highest BCUT2D eigenvalue weighted by Crippen LogP contribution is 2.39. The van der Waals surface area contributed by atoms with Crippen LogP contribution < -0.4 is 5.73 Å². The maximum absolute atomic E-state index is 6.49. The quantitative estimate of drug-likeness (QED) is 0.699. The highest BCUT2D eigenvalue weighted by molar-refractivity contribution is 4.95. The second kappa shape index (κ2) is 4.00. The fourth-order valence-electron chi connectivity index (χ4n) is 3.04. The Morgan fingerprint density at radius 3 is 2.15 bits per heavy atom. The van der Waals surface area contributed by atoms with Crippen LogP contribution in [-0.4, -0.2) is 5.54 Å². The lowest BCUT2D eigenvalue weighted by Gasteiger charge is -2.44. The van der Waals surface area contributed by atoms with Crippen LogP contribution in [0.25, 0.3) is 0 Å². The molecule has 0 aromatic rings. The van der Waals surface area contributed by atoms with Crippen molar-refractivity contribution in [3.05, 3.63) is 0 Å². The Labute approximate surface area is 83.1 Å². The molecule has 1 nitrogen and oxygen atoms in total. The third kappa shape index (κ3) is 2.46. The van der Waals surface area contributed by atoms with Gasteiger partial charge in [0.2, 0.25) is 0 Å². The van der Waals surface area contributed by atoms with Crippen molar-refractivity contribution in [1.29, 1.82) is 0 Å². The third-order valence-corrected chi connectivity index (χ3v) is 3.86. The van der Waals surface area contributed by atoms with Crippen LogP contribution in [0.3, 0.4) is 0 Å². The standard InChI is InChI=1S/C12H25N/c1-5-11(4)12(13)7-9(2)6-10(3)8-12/h9-11H,5-8,13H2,1-4H3. The summed E-state index contributed by atoms with van der Waals surface area (Å²) in [7, 11) is 0. The molecule has 78 valence electrons. The highest BCUT2D eigenvalue weighted by atomic mass is 14.8. The Hall–Kier alpha value is -0.0400. The largest absolute Gasteiger partial charge is 0.325 e. The first kappa shape index (κ1) is 11.0. The van der Waals surface area contributed by atoms with Crippen LogP contribution >= 0.6 is 0 Å². The van der Waals surface area contributed by atoms with Gasteiger partial charge in [0.05, 0.1) is 0 Å². The van der Waals surface area contributed by atoms with E-state index < -0.39 is 0 Å². The molecule has 3 unspecified atom stereocenters. The molecule has 1 aliphatic rings. The summed E-state index contributed by atoms with van der Waals surface area (Å²) in [5.41, 5.74) is 6.62. The second-order valence-electron chi connectivity index (χ2n) is 5.40. The van der Waals surface area contributed by atoms with Crippen molar-refractivity contribution in [2.45, 2.75) is 58.9 Å². The molecule has 0 heterocycles. The molecule has 1 aliphatic carbocycles. The lowest BCUT2D eigenvalue weighted by atomic mass is 9.66. The molecule has 1 saturated carbocycles. The monoisotopic (exact) mass is 183 g/mol. The zero-order valence-corrected chi connectivity index (χ0v) is 9.64. The molecule has 0 spiro atoms. The highest BCUT2D eigenvalue weighted by Gasteiger charge is 2.37. The molecule has 1 rings (SSSR count). The van der Waals surface area contributed by atoms with Gasteiger partial charge in [-0.15, -0.1) is 0 Å². The third-order valence-electron chi connectivity index (χ3n) is 3.86. The Kier molecular flexibility index (Phi) is 3.39. The van der Waals surface area contributed by atoms with E-state index in [0.29, 0.717) is 5.92 Å². The molecular formula is C12H25N. The normalized spacial score (nSPS) is 43.2. The number of hydrogen-bond acceptors (Lipinski definition) is 1. The zero-order valence-electron chi connectivity index (χ0n) is 9.64. The predicted octanol–water partition coefficient (Wildman–Crippen LogP) is 3.19. The van der Waals surface area contributed by atoms with E-state index >= 15 is 0 Å². The fourth-order valence-corrected chi connectivity index (χ4v) is 3.04. The molecule has 0 aliphatic heterocycles. The summed E-state index contributed by atoms with van der Waals surface area (Å²) in [4.78, 5) is 0. The van der Waals surface area contributed by atoms with Crippen molar-refractivity contribution in [2.75, 3.05) is 0 Å². The Bertz CT molecular complexity index is 155. The van der Waals surface area contributed by atoms with Crippen LogP contribution in [0, 0.1) is 17.8 Å². The van der Waals surface area contributed by atoms with E-state index in [-0.39, 0.29) is 5.54 Å². The molecule has 1 fully saturated rings. The topological polar surface area (TPSA) is 26.0 Å². The summed E-state index contributed by atoms with van der Waals surface area (Å²) in [6, 6.07) is 0. The van der Waals surface area contributed by atoms with E-state index in [1.807, 2.05) is 0 Å². The minimum absolute atomic E-state index is 0.131. The molecule has 0 bridgehead atoms. The van der Waals surface area contributed by atoms with E-state index in [2.05, 4.69) is 27.7 Å². The average Bonchev–Trinajstić information content (AvgIpc) is 2.00. The Morgan fingerprint density at radius 2 is 1.77 bits per heavy atom. The lowest BCUT2D eigenvalue weighted by Crippen LogP contribution is -2.51. The number of rotatable bonds is 2. The Morgan fingerprint density at radius 1 is 1.31 bits per heavy atom. The first-order valence-corrected chi connectivity index (χ1v) is 5.76. The van der Waals surface area contributed by atoms with Crippen molar-refractivity contribution in [3.63, 3.8) is 0 Å². The summed E-state index contributed by atoms with van der Waals surface area (Å²) in [6.07, 6.45) is 5.05. The zero-order chi connectivity index (χ0) is 10.1. The molecule has 3 atom stereocenters. The van der Waals surface area contributed by atoms with Crippen LogP contribution in [-0.2, 0) is 0 Å². The summed E-state index contributed by atoms with van der Waals surface area (Å²) >= 11 is 0. The minimum Gasteiger partial charge on any atom is -0.325 e. The Balaban J connectivity index is 2.66. The van der Waals surface area contributed by atoms with Gasteiger partial charge in [0.15, 0.2) is 0 Å². The van der Waals surface area contributed by atoms with Gasteiger partial charge < -0.3 is 5.73 Å². The predicted molar refractivity (Wildman–Crippen MR) is 58.6 cm³/mol. The SMILES string of the molecule is CCC(C)C1(N)CC(C)CC(C)C1. The molecule has 0 radical (unpaired) electrons. The van der Waals surface area contributed by atoms with Gasteiger partial charge in [-0.2, -0.15) is 0 Å². The van der Waals surface area contributed by atoms with Gasteiger partial charge in [-0.05, 0) is 37.0 Å². The van der Waals surface area contributed by atoms with Crippen LogP contribution in [0.1, 0.15) is 53.4 Å². The van der Waals surface area contributed by atoms with Gasteiger partial charge in [0.25, 0.3) is 0 Å². The van der Waals surface area contributed by atoms with Crippen molar-refractivity contribution in [3.8, 4) is 0 Å². The van der Waals surface area contributed by atoms with Gasteiger partial charge in [0.1, 0.15) is 0 Å². The van der Waals surface area contributed by atoms with Crippen molar-refractivity contribution < 1.29 is 0 Å². The van der Waals surface area contributed by atoms with Crippen LogP contribution in [0.4, 0.5) is 0 Å². The van der Waals surface area contributed by atoms with Crippen LogP contribution in [0.5, 0.6) is 0 Å². The van der Waals surface area contributed by atoms with E-state index in [1.54, 1.807) is 0 Å². The molecule has 0 aromatic heterocycles. The van der Waals surface area contributed by atoms with E-state index in [4.69, 9.17) is 5.73 Å². The van der Waals surface area contributed by atoms with Crippen LogP contribution in [0.2, 0.25) is 0 Å². The van der Waals surface area contributed by atoms with Crippen LogP contribution in [0.15, 0.2) is 0 Å². The molecule has 0 aromatic carbocycles. The van der Waals surface area contributed by atoms with E-state index in [0.717, 1.165) is 11.8 Å². The summed E-state index contributed by atoms with van der Waals surface area (Å²) in [5, 5.41) is 0. The van der Waals surface area contributed by atoms with Gasteiger partial charge in [-0.25, -0.2) is 0 Å². The smallest absolute Gasteiger partial charge is 0.0185 e. The van der Waals surface area contributed by atoms with Gasteiger partial charge in [-0.1, -0.05) is 34.1 Å². The lowest BCUT2D eigenvalue weighted by molar-refractivity contribution is 0.128. The summed E-state index contributed by atoms with van der Waals surface area (Å²) in [6.45, 7) is 9.26. The summed E-state index contributed by atoms with van der Waals surface area (Å²) < 4.78 is 0. The molecule has 0 saturated heterocycles. The van der Waals surface area contributed by atoms with Gasteiger partial charge in [-0.3, -0.25) is 0 Å². The first-order valence-electron chi connectivity index (χ1n) is 5.76. The second-order valence-corrected chi connectivity index (χ2v) is 5.40. The maximum atomic E-state index is 6.49. The van der Waals surface area contributed by atoms with E-state index in [1.165, 1.54) is 25.7 Å². The van der Waals surface area contributed by atoms with E-state index in [9.17, 15) is 0 Å². The molecule has 1 heteroatoms. The number of hydrogen-bond donors (Lipinski definition) is 1. The number of nitrogens with two attached hydrogens (primary N) is 1. The summed E-state index contributed by atoms with van der Waals surface area (Å²) in [5.74, 6) is 2.32. The fraction of sp³-hybridized carbons (Fsp3) is 1.00. The molecule has 13 heavy (non-hydrogen) atoms. The van der Waals surface area contributed by atoms with Gasteiger partial charge in [0, 0.05) is 5.54 Å².